The van der Waals surface area contributed by atoms with E-state index in [0.29, 0.717) is 18.3 Å². The minimum atomic E-state index is -1.06. The summed E-state index contributed by atoms with van der Waals surface area (Å²) in [5.74, 6) is -0.488. The van der Waals surface area contributed by atoms with E-state index in [0.717, 1.165) is 12.8 Å². The van der Waals surface area contributed by atoms with Gasteiger partial charge in [0.25, 0.3) is 0 Å². The lowest BCUT2D eigenvalue weighted by Crippen LogP contribution is -2.36. The third kappa shape index (κ3) is 2.27. The van der Waals surface area contributed by atoms with Gasteiger partial charge in [0, 0.05) is 17.8 Å². The van der Waals surface area contributed by atoms with Crippen LogP contribution in [0.5, 0.6) is 0 Å². The smallest absolute Gasteiger partial charge is 0.358 e. The Hall–Kier alpha value is -2.30. The van der Waals surface area contributed by atoms with Crippen LogP contribution in [0.1, 0.15) is 35.2 Å². The largest absolute Gasteiger partial charge is 0.476 e. The van der Waals surface area contributed by atoms with Gasteiger partial charge >= 0.3 is 5.97 Å². The number of carbonyl (C=O) groups is 1. The van der Waals surface area contributed by atoms with Crippen molar-refractivity contribution in [2.45, 2.75) is 32.4 Å². The number of aromatic carboxylic acids is 1. The number of rotatable bonds is 3. The molecular weight excluding hydrogens is 256 g/mol. The van der Waals surface area contributed by atoms with Gasteiger partial charge < -0.3 is 14.5 Å². The van der Waals surface area contributed by atoms with Crippen LogP contribution >= 0.6 is 0 Å². The predicted molar refractivity (Wildman–Crippen MR) is 73.9 cm³/mol. The van der Waals surface area contributed by atoms with Crippen molar-refractivity contribution in [3.63, 3.8) is 0 Å². The van der Waals surface area contributed by atoms with Gasteiger partial charge in [-0.2, -0.15) is 0 Å². The molecule has 0 radical (unpaired) electrons. The second-order valence-corrected chi connectivity index (χ2v) is 5.13. The number of benzene rings is 1. The van der Waals surface area contributed by atoms with Gasteiger partial charge in [0.05, 0.1) is 6.54 Å². The molecule has 1 N–H and O–H groups in total. The van der Waals surface area contributed by atoms with Crippen LogP contribution < -0.4 is 4.90 Å². The van der Waals surface area contributed by atoms with Crippen LogP contribution in [0.3, 0.4) is 0 Å². The van der Waals surface area contributed by atoms with Crippen molar-refractivity contribution in [1.29, 1.82) is 0 Å². The number of hydrogen-bond acceptors (Lipinski definition) is 4. The summed E-state index contributed by atoms with van der Waals surface area (Å²) >= 11 is 0. The number of nitrogens with zero attached hydrogens (tertiary/aromatic N) is 2. The number of hydrogen-bond donors (Lipinski definition) is 1. The molecule has 0 amide bonds. The predicted octanol–water partition coefficient (Wildman–Crippen LogP) is 2.71. The van der Waals surface area contributed by atoms with Gasteiger partial charge in [-0.25, -0.2) is 4.79 Å². The fourth-order valence-electron chi connectivity index (χ4n) is 2.66. The third-order valence-corrected chi connectivity index (χ3v) is 3.77. The molecule has 104 valence electrons. The van der Waals surface area contributed by atoms with E-state index >= 15 is 0 Å². The highest BCUT2D eigenvalue weighted by Gasteiger charge is 2.24. The van der Waals surface area contributed by atoms with Crippen molar-refractivity contribution in [3.05, 3.63) is 47.3 Å². The first-order valence-corrected chi connectivity index (χ1v) is 6.68. The summed E-state index contributed by atoms with van der Waals surface area (Å²) in [7, 11) is 0. The highest BCUT2D eigenvalue weighted by Crippen LogP contribution is 2.31. The molecule has 0 aliphatic carbocycles. The first kappa shape index (κ1) is 12.7. The molecule has 0 bridgehead atoms. The summed E-state index contributed by atoms with van der Waals surface area (Å²) in [5.41, 5.74) is 2.47. The topological polar surface area (TPSA) is 66.6 Å². The van der Waals surface area contributed by atoms with Crippen molar-refractivity contribution >= 4 is 11.7 Å². The van der Waals surface area contributed by atoms with Gasteiger partial charge in [-0.1, -0.05) is 23.4 Å². The Kier molecular flexibility index (Phi) is 3.18. The maximum Gasteiger partial charge on any atom is 0.358 e. The quantitative estimate of drug-likeness (QED) is 0.930. The molecule has 0 saturated heterocycles. The van der Waals surface area contributed by atoms with Crippen molar-refractivity contribution in [2.24, 2.45) is 0 Å². The highest BCUT2D eigenvalue weighted by atomic mass is 16.5. The lowest BCUT2D eigenvalue weighted by atomic mass is 9.96. The van der Waals surface area contributed by atoms with Crippen molar-refractivity contribution < 1.29 is 14.4 Å². The fraction of sp³-hybridized carbons (Fsp3) is 0.333. The minimum absolute atomic E-state index is 0.0436. The van der Waals surface area contributed by atoms with E-state index in [2.05, 4.69) is 29.1 Å². The number of carboxylic acids is 1. The van der Waals surface area contributed by atoms with E-state index in [4.69, 9.17) is 9.63 Å². The molecule has 1 unspecified atom stereocenters. The Labute approximate surface area is 116 Å². The molecule has 2 heterocycles. The van der Waals surface area contributed by atoms with Crippen LogP contribution in [-0.4, -0.2) is 22.3 Å². The molecule has 20 heavy (non-hydrogen) atoms. The number of aryl methyl sites for hydroxylation is 1. The van der Waals surface area contributed by atoms with Crippen LogP contribution in [-0.2, 0) is 13.0 Å². The van der Waals surface area contributed by atoms with Crippen molar-refractivity contribution in [2.75, 3.05) is 4.90 Å². The monoisotopic (exact) mass is 272 g/mol. The maximum absolute atomic E-state index is 10.8. The molecular formula is C15H16N2O3. The molecule has 1 aliphatic heterocycles. The van der Waals surface area contributed by atoms with Gasteiger partial charge in [-0.15, -0.1) is 0 Å². The van der Waals surface area contributed by atoms with Crippen molar-refractivity contribution in [3.8, 4) is 0 Å². The van der Waals surface area contributed by atoms with Gasteiger partial charge in [0.2, 0.25) is 0 Å². The van der Waals surface area contributed by atoms with E-state index in [1.165, 1.54) is 17.3 Å². The first-order valence-electron chi connectivity index (χ1n) is 6.68. The number of anilines is 1. The van der Waals surface area contributed by atoms with Gasteiger partial charge in [0.1, 0.15) is 0 Å². The Morgan fingerprint density at radius 2 is 2.30 bits per heavy atom. The third-order valence-electron chi connectivity index (χ3n) is 3.77. The Balaban J connectivity index is 1.87. The molecule has 3 rings (SSSR count). The SMILES string of the molecule is CC1CCc2ccccc2N1Cc1cc(C(=O)O)no1. The molecule has 1 aliphatic rings. The molecule has 0 fully saturated rings. The molecule has 0 saturated carbocycles. The first-order chi connectivity index (χ1) is 9.65. The lowest BCUT2D eigenvalue weighted by Gasteiger charge is -2.36. The zero-order valence-electron chi connectivity index (χ0n) is 11.2. The lowest BCUT2D eigenvalue weighted by molar-refractivity contribution is 0.0685. The Morgan fingerprint density at radius 1 is 1.50 bits per heavy atom. The minimum Gasteiger partial charge on any atom is -0.476 e. The van der Waals surface area contributed by atoms with Crippen molar-refractivity contribution in [1.82, 2.24) is 5.16 Å². The Bertz CT molecular complexity index is 636. The van der Waals surface area contributed by atoms with Gasteiger partial charge in [-0.3, -0.25) is 0 Å². The zero-order chi connectivity index (χ0) is 14.1. The molecule has 1 aromatic carbocycles. The van der Waals surface area contributed by atoms with E-state index in [1.54, 1.807) is 0 Å². The van der Waals surface area contributed by atoms with Crippen LogP contribution in [0, 0.1) is 0 Å². The number of aromatic nitrogens is 1. The van der Waals surface area contributed by atoms with Gasteiger partial charge in [0.15, 0.2) is 11.5 Å². The molecule has 5 heteroatoms. The normalized spacial score (nSPS) is 17.9. The van der Waals surface area contributed by atoms with E-state index in [1.807, 2.05) is 12.1 Å². The second-order valence-electron chi connectivity index (χ2n) is 5.13. The number of para-hydroxylation sites is 1. The second kappa shape index (κ2) is 5.00. The molecule has 1 aromatic heterocycles. The average Bonchev–Trinajstić information content (AvgIpc) is 2.91. The van der Waals surface area contributed by atoms with Crippen LogP contribution in [0.2, 0.25) is 0 Å². The van der Waals surface area contributed by atoms with E-state index < -0.39 is 5.97 Å². The standard InChI is InChI=1S/C15H16N2O3/c1-10-6-7-11-4-2-3-5-14(11)17(10)9-12-8-13(15(18)19)16-20-12/h2-5,8,10H,6-7,9H2,1H3,(H,18,19). The summed E-state index contributed by atoms with van der Waals surface area (Å²) in [6.07, 6.45) is 2.15. The number of fused-ring (bicyclic) bond motifs is 1. The summed E-state index contributed by atoms with van der Waals surface area (Å²) < 4.78 is 5.12. The number of carboxylic acid groups (broad SMARTS) is 1. The van der Waals surface area contributed by atoms with Crippen LogP contribution in [0.25, 0.3) is 0 Å². The van der Waals surface area contributed by atoms with Gasteiger partial charge in [-0.05, 0) is 31.4 Å². The maximum atomic E-state index is 10.8. The zero-order valence-corrected chi connectivity index (χ0v) is 11.2. The summed E-state index contributed by atoms with van der Waals surface area (Å²) in [6.45, 7) is 2.71. The van der Waals surface area contributed by atoms with E-state index in [-0.39, 0.29) is 5.69 Å². The summed E-state index contributed by atoms with van der Waals surface area (Å²) in [4.78, 5) is 13.1. The molecule has 0 spiro atoms. The molecule has 1 atom stereocenters. The molecule has 5 nitrogen and oxygen atoms in total. The highest BCUT2D eigenvalue weighted by molar-refractivity contribution is 5.85. The molecule has 2 aromatic rings. The van der Waals surface area contributed by atoms with E-state index in [9.17, 15) is 4.79 Å². The summed E-state index contributed by atoms with van der Waals surface area (Å²) in [5, 5.41) is 12.4. The fourth-order valence-corrected chi connectivity index (χ4v) is 2.66. The van der Waals surface area contributed by atoms with Crippen LogP contribution in [0.15, 0.2) is 34.9 Å². The Morgan fingerprint density at radius 3 is 3.05 bits per heavy atom. The van der Waals surface area contributed by atoms with Crippen LogP contribution in [0.4, 0.5) is 5.69 Å². The summed E-state index contributed by atoms with van der Waals surface area (Å²) in [6, 6.07) is 10.2. The average molecular weight is 272 g/mol.